The summed E-state index contributed by atoms with van der Waals surface area (Å²) in [6.45, 7) is -0.425. The molecule has 0 bridgehead atoms. The van der Waals surface area contributed by atoms with Crippen molar-refractivity contribution in [3.05, 3.63) is 94.3 Å². The number of nitrogens with one attached hydrogen (secondary N) is 2. The number of H-pyrrole nitrogens is 2. The SMILES string of the molecule is CS(=O)(=O)c1ccc(-c2[nH]n(-c3nc4ccccc4[nH]3)c(=O)c2CCc2ccc(OCC(=O)O)cc2)cc1. The van der Waals surface area contributed by atoms with Crippen LogP contribution in [0.15, 0.2) is 82.5 Å². The Hall–Kier alpha value is -4.64. The average Bonchev–Trinajstić information content (AvgIpc) is 3.47. The van der Waals surface area contributed by atoms with Crippen LogP contribution in [-0.2, 0) is 27.5 Å². The molecule has 38 heavy (non-hydrogen) atoms. The fraction of sp³-hybridized carbons (Fsp3) is 0.148. The smallest absolute Gasteiger partial charge is 0.341 e. The first-order valence-corrected chi connectivity index (χ1v) is 13.6. The lowest BCUT2D eigenvalue weighted by molar-refractivity contribution is -0.139. The number of aromatic nitrogens is 4. The van der Waals surface area contributed by atoms with Crippen molar-refractivity contribution in [3.63, 3.8) is 0 Å². The molecule has 0 saturated carbocycles. The van der Waals surface area contributed by atoms with Gasteiger partial charge in [-0.15, -0.1) is 0 Å². The van der Waals surface area contributed by atoms with E-state index in [0.717, 1.165) is 22.9 Å². The maximum Gasteiger partial charge on any atom is 0.341 e. The summed E-state index contributed by atoms with van der Waals surface area (Å²) in [6, 6.07) is 20.8. The third-order valence-corrected chi connectivity index (χ3v) is 7.22. The van der Waals surface area contributed by atoms with Gasteiger partial charge in [0.15, 0.2) is 16.4 Å². The molecule has 0 spiro atoms. The molecule has 0 aliphatic rings. The molecule has 5 rings (SSSR count). The monoisotopic (exact) mass is 532 g/mol. The number of sulfone groups is 1. The molecule has 3 N–H and O–H groups in total. The molecule has 0 radical (unpaired) electrons. The number of rotatable bonds is 9. The van der Waals surface area contributed by atoms with Gasteiger partial charge < -0.3 is 14.8 Å². The first kappa shape index (κ1) is 25.0. The third-order valence-electron chi connectivity index (χ3n) is 6.10. The first-order valence-electron chi connectivity index (χ1n) is 11.7. The summed E-state index contributed by atoms with van der Waals surface area (Å²) in [5, 5.41) is 11.9. The van der Waals surface area contributed by atoms with E-state index >= 15 is 0 Å². The van der Waals surface area contributed by atoms with Crippen molar-refractivity contribution in [1.29, 1.82) is 0 Å². The Kier molecular flexibility index (Phi) is 6.60. The Morgan fingerprint density at radius 1 is 1.00 bits per heavy atom. The maximum absolute atomic E-state index is 13.6. The minimum absolute atomic E-state index is 0.187. The normalized spacial score (nSPS) is 11.6. The van der Waals surface area contributed by atoms with Gasteiger partial charge in [-0.3, -0.25) is 9.89 Å². The number of fused-ring (bicyclic) bond motifs is 1. The van der Waals surface area contributed by atoms with Gasteiger partial charge in [0, 0.05) is 11.8 Å². The molecular formula is C27H24N4O6S. The van der Waals surface area contributed by atoms with Crippen molar-refractivity contribution in [1.82, 2.24) is 19.7 Å². The molecule has 0 amide bonds. The van der Waals surface area contributed by atoms with Crippen LogP contribution in [0.1, 0.15) is 11.1 Å². The Morgan fingerprint density at radius 2 is 1.71 bits per heavy atom. The van der Waals surface area contributed by atoms with E-state index in [4.69, 9.17) is 9.84 Å². The minimum Gasteiger partial charge on any atom is -0.482 e. The highest BCUT2D eigenvalue weighted by Gasteiger charge is 2.19. The van der Waals surface area contributed by atoms with Gasteiger partial charge in [-0.2, -0.15) is 4.68 Å². The highest BCUT2D eigenvalue weighted by atomic mass is 32.2. The number of aryl methyl sites for hydroxylation is 1. The fourth-order valence-corrected chi connectivity index (χ4v) is 4.80. The summed E-state index contributed by atoms with van der Waals surface area (Å²) in [6.07, 6.45) is 2.06. The van der Waals surface area contributed by atoms with Gasteiger partial charge in [-0.05, 0) is 60.4 Å². The highest BCUT2D eigenvalue weighted by molar-refractivity contribution is 7.90. The second kappa shape index (κ2) is 10.0. The standard InChI is InChI=1S/C27H24N4O6S/c1-38(35,36)20-13-9-18(10-14-20)25-21(15-8-17-6-11-19(12-7-17)37-16-24(32)33)26(34)31(30-25)27-28-22-4-2-3-5-23(22)29-27/h2-7,9-14,30H,8,15-16H2,1H3,(H,28,29)(H,32,33). The number of hydrogen-bond acceptors (Lipinski definition) is 6. The Morgan fingerprint density at radius 3 is 2.37 bits per heavy atom. The minimum atomic E-state index is -3.37. The Bertz CT molecular complexity index is 1750. The molecule has 10 nitrogen and oxygen atoms in total. The average molecular weight is 533 g/mol. The van der Waals surface area contributed by atoms with Crippen molar-refractivity contribution in [2.75, 3.05) is 12.9 Å². The van der Waals surface area contributed by atoms with Gasteiger partial charge in [-0.1, -0.05) is 36.4 Å². The third kappa shape index (κ3) is 5.23. The number of hydrogen-bond donors (Lipinski definition) is 3. The topological polar surface area (TPSA) is 147 Å². The van der Waals surface area contributed by atoms with Gasteiger partial charge in [0.25, 0.3) is 5.56 Å². The van der Waals surface area contributed by atoms with Crippen LogP contribution in [0.2, 0.25) is 0 Å². The predicted octanol–water partition coefficient (Wildman–Crippen LogP) is 3.36. The molecule has 5 aromatic rings. The molecule has 2 aromatic heterocycles. The number of aromatic amines is 2. The van der Waals surface area contributed by atoms with Crippen LogP contribution in [-0.4, -0.2) is 52.1 Å². The van der Waals surface area contributed by atoms with Crippen molar-refractivity contribution in [3.8, 4) is 23.0 Å². The van der Waals surface area contributed by atoms with Gasteiger partial charge >= 0.3 is 5.97 Å². The maximum atomic E-state index is 13.6. The van der Waals surface area contributed by atoms with Gasteiger partial charge in [0.1, 0.15) is 5.75 Å². The lowest BCUT2D eigenvalue weighted by Crippen LogP contribution is -2.18. The zero-order chi connectivity index (χ0) is 26.9. The van der Waals surface area contributed by atoms with Gasteiger partial charge in [0.2, 0.25) is 5.95 Å². The van der Waals surface area contributed by atoms with Crippen LogP contribution in [0, 0.1) is 0 Å². The number of benzene rings is 3. The molecule has 11 heteroatoms. The summed E-state index contributed by atoms with van der Waals surface area (Å²) in [4.78, 5) is 32.2. The lowest BCUT2D eigenvalue weighted by Gasteiger charge is -2.06. The number of aliphatic carboxylic acids is 1. The summed E-state index contributed by atoms with van der Waals surface area (Å²) in [5.41, 5.74) is 3.91. The zero-order valence-corrected chi connectivity index (χ0v) is 21.2. The predicted molar refractivity (Wildman–Crippen MR) is 142 cm³/mol. The van der Waals surface area contributed by atoms with Gasteiger partial charge in [-0.25, -0.2) is 18.2 Å². The summed E-state index contributed by atoms with van der Waals surface area (Å²) in [5.74, 6) is -0.271. The van der Waals surface area contributed by atoms with Gasteiger partial charge in [0.05, 0.1) is 21.6 Å². The quantitative estimate of drug-likeness (QED) is 0.264. The van der Waals surface area contributed by atoms with E-state index in [1.165, 1.54) is 16.8 Å². The van der Waals surface area contributed by atoms with E-state index in [1.54, 1.807) is 24.3 Å². The molecule has 0 saturated heterocycles. The number of carbonyl (C=O) groups is 1. The highest BCUT2D eigenvalue weighted by Crippen LogP contribution is 2.24. The van der Waals surface area contributed by atoms with Crippen LogP contribution in [0.5, 0.6) is 5.75 Å². The number of imidazole rings is 1. The van der Waals surface area contributed by atoms with E-state index in [2.05, 4.69) is 15.1 Å². The molecule has 2 heterocycles. The summed E-state index contributed by atoms with van der Waals surface area (Å²) >= 11 is 0. The molecule has 194 valence electrons. The molecule has 0 aliphatic heterocycles. The summed E-state index contributed by atoms with van der Waals surface area (Å²) in [7, 11) is -3.37. The van der Waals surface area contributed by atoms with Crippen LogP contribution in [0.3, 0.4) is 0 Å². The van der Waals surface area contributed by atoms with Crippen molar-refractivity contribution < 1.29 is 23.1 Å². The Balaban J connectivity index is 1.50. The second-order valence-corrected chi connectivity index (χ2v) is 10.8. The van der Waals surface area contributed by atoms with E-state index in [9.17, 15) is 18.0 Å². The first-order chi connectivity index (χ1) is 18.2. The molecule has 0 fully saturated rings. The molecule has 0 atom stereocenters. The van der Waals surface area contributed by atoms with Crippen LogP contribution in [0.4, 0.5) is 0 Å². The number of ether oxygens (including phenoxy) is 1. The van der Waals surface area contributed by atoms with E-state index in [1.807, 2.05) is 36.4 Å². The van der Waals surface area contributed by atoms with E-state index in [-0.39, 0.29) is 10.5 Å². The number of carboxylic acids is 1. The molecule has 0 aliphatic carbocycles. The molecular weight excluding hydrogens is 508 g/mol. The van der Waals surface area contributed by atoms with Crippen LogP contribution >= 0.6 is 0 Å². The van der Waals surface area contributed by atoms with Crippen molar-refractivity contribution in [2.45, 2.75) is 17.7 Å². The Labute approximate surface area is 217 Å². The van der Waals surface area contributed by atoms with E-state index < -0.39 is 22.4 Å². The second-order valence-electron chi connectivity index (χ2n) is 8.81. The van der Waals surface area contributed by atoms with Crippen molar-refractivity contribution in [2.24, 2.45) is 0 Å². The number of para-hydroxylation sites is 2. The number of nitrogens with zero attached hydrogens (tertiary/aromatic N) is 2. The van der Waals surface area contributed by atoms with Crippen LogP contribution < -0.4 is 10.3 Å². The van der Waals surface area contributed by atoms with Crippen molar-refractivity contribution >= 4 is 26.8 Å². The molecule has 3 aromatic carbocycles. The zero-order valence-electron chi connectivity index (χ0n) is 20.3. The van der Waals surface area contributed by atoms with Crippen LogP contribution in [0.25, 0.3) is 28.2 Å². The molecule has 0 unspecified atom stereocenters. The fourth-order valence-electron chi connectivity index (χ4n) is 4.17. The summed E-state index contributed by atoms with van der Waals surface area (Å²) < 4.78 is 30.4. The van der Waals surface area contributed by atoms with E-state index in [0.29, 0.717) is 41.4 Å². The lowest BCUT2D eigenvalue weighted by atomic mass is 10.0. The largest absolute Gasteiger partial charge is 0.482 e. The number of carboxylic acid groups (broad SMARTS) is 1.